The molecule has 0 spiro atoms. The van der Waals surface area contributed by atoms with Gasteiger partial charge < -0.3 is 10.2 Å². The highest BCUT2D eigenvalue weighted by atomic mass is 19.1. The first-order chi connectivity index (χ1) is 7.50. The first-order valence-corrected chi connectivity index (χ1v) is 5.31. The van der Waals surface area contributed by atoms with Crippen molar-refractivity contribution < 1.29 is 8.78 Å². The molecule has 0 bridgehead atoms. The van der Waals surface area contributed by atoms with E-state index in [9.17, 15) is 8.78 Å². The van der Waals surface area contributed by atoms with Crippen LogP contribution in [0.4, 0.5) is 8.78 Å². The second-order valence-electron chi connectivity index (χ2n) is 4.24. The summed E-state index contributed by atoms with van der Waals surface area (Å²) in [5.41, 5.74) is 0.105. The highest BCUT2D eigenvalue weighted by molar-refractivity contribution is 5.19. The molecule has 0 aliphatic heterocycles. The number of hydrogen-bond acceptors (Lipinski definition) is 2. The molecule has 0 aliphatic rings. The molecule has 2 nitrogen and oxygen atoms in total. The predicted octanol–water partition coefficient (Wildman–Crippen LogP) is 2.00. The van der Waals surface area contributed by atoms with Crippen molar-refractivity contribution in [2.24, 2.45) is 0 Å². The molecule has 1 aromatic rings. The minimum atomic E-state index is -0.496. The van der Waals surface area contributed by atoms with Crippen molar-refractivity contribution in [1.29, 1.82) is 0 Å². The van der Waals surface area contributed by atoms with Crippen molar-refractivity contribution >= 4 is 0 Å². The molecule has 0 aliphatic carbocycles. The van der Waals surface area contributed by atoms with Crippen LogP contribution in [0, 0.1) is 11.6 Å². The molecule has 1 N–H and O–H groups in total. The first-order valence-electron chi connectivity index (χ1n) is 5.31. The van der Waals surface area contributed by atoms with Crippen LogP contribution >= 0.6 is 0 Å². The van der Waals surface area contributed by atoms with Crippen molar-refractivity contribution in [2.45, 2.75) is 19.5 Å². The maximum absolute atomic E-state index is 13.3. The van der Waals surface area contributed by atoms with E-state index in [1.54, 1.807) is 0 Å². The zero-order chi connectivity index (χ0) is 12.1. The Morgan fingerprint density at radius 3 is 2.31 bits per heavy atom. The number of nitrogens with zero attached hydrogens (tertiary/aromatic N) is 1. The van der Waals surface area contributed by atoms with E-state index in [4.69, 9.17) is 0 Å². The van der Waals surface area contributed by atoms with Gasteiger partial charge in [-0.1, -0.05) is 6.07 Å². The minimum Gasteiger partial charge on any atom is -0.309 e. The molecule has 1 aromatic carbocycles. The predicted molar refractivity (Wildman–Crippen MR) is 61.2 cm³/mol. The van der Waals surface area contributed by atoms with Gasteiger partial charge in [-0.15, -0.1) is 0 Å². The topological polar surface area (TPSA) is 15.3 Å². The lowest BCUT2D eigenvalue weighted by Gasteiger charge is -2.18. The molecule has 16 heavy (non-hydrogen) atoms. The summed E-state index contributed by atoms with van der Waals surface area (Å²) in [6, 6.07) is 4.11. The zero-order valence-corrected chi connectivity index (χ0v) is 9.93. The van der Waals surface area contributed by atoms with Gasteiger partial charge in [0.2, 0.25) is 0 Å². The SMILES string of the molecule is CC(CN(C)C)NCc1c(F)cccc1F. The van der Waals surface area contributed by atoms with Crippen LogP contribution < -0.4 is 5.32 Å². The molecule has 90 valence electrons. The van der Waals surface area contributed by atoms with Crippen LogP contribution in [0.1, 0.15) is 12.5 Å². The molecule has 0 fully saturated rings. The summed E-state index contributed by atoms with van der Waals surface area (Å²) in [5, 5.41) is 3.09. The van der Waals surface area contributed by atoms with Crippen molar-refractivity contribution in [3.05, 3.63) is 35.4 Å². The number of hydrogen-bond donors (Lipinski definition) is 1. The maximum atomic E-state index is 13.3. The molecule has 0 saturated heterocycles. The van der Waals surface area contributed by atoms with Crippen molar-refractivity contribution in [2.75, 3.05) is 20.6 Å². The van der Waals surface area contributed by atoms with E-state index in [2.05, 4.69) is 5.32 Å². The number of halogens is 2. The largest absolute Gasteiger partial charge is 0.309 e. The average molecular weight is 228 g/mol. The fourth-order valence-corrected chi connectivity index (χ4v) is 1.59. The second kappa shape index (κ2) is 5.92. The first kappa shape index (κ1) is 13.1. The Morgan fingerprint density at radius 2 is 1.81 bits per heavy atom. The monoisotopic (exact) mass is 228 g/mol. The van der Waals surface area contributed by atoms with E-state index in [0.717, 1.165) is 6.54 Å². The summed E-state index contributed by atoms with van der Waals surface area (Å²) in [6.07, 6.45) is 0. The van der Waals surface area contributed by atoms with Crippen LogP contribution in [0.5, 0.6) is 0 Å². The van der Waals surface area contributed by atoms with E-state index in [-0.39, 0.29) is 18.2 Å². The second-order valence-corrected chi connectivity index (χ2v) is 4.24. The molecule has 4 heteroatoms. The Bertz CT molecular complexity index is 320. The molecular formula is C12H18F2N2. The molecule has 0 heterocycles. The Balaban J connectivity index is 2.54. The fraction of sp³-hybridized carbons (Fsp3) is 0.500. The number of nitrogens with one attached hydrogen (secondary N) is 1. The average Bonchev–Trinajstić information content (AvgIpc) is 2.15. The van der Waals surface area contributed by atoms with Crippen LogP contribution in [0.2, 0.25) is 0 Å². The van der Waals surface area contributed by atoms with Gasteiger partial charge in [-0.2, -0.15) is 0 Å². The highest BCUT2D eigenvalue weighted by Gasteiger charge is 2.09. The lowest BCUT2D eigenvalue weighted by molar-refractivity contribution is 0.346. The Hall–Kier alpha value is -1.00. The van der Waals surface area contributed by atoms with Crippen LogP contribution in [-0.2, 0) is 6.54 Å². The Labute approximate surface area is 95.3 Å². The molecule has 0 aromatic heterocycles. The van der Waals surface area contributed by atoms with E-state index < -0.39 is 11.6 Å². The van der Waals surface area contributed by atoms with Gasteiger partial charge in [0.1, 0.15) is 11.6 Å². The third-order valence-electron chi connectivity index (χ3n) is 2.33. The standard InChI is InChI=1S/C12H18F2N2/c1-9(8-16(2)3)15-7-10-11(13)5-4-6-12(10)14/h4-6,9,15H,7-8H2,1-3H3. The Kier molecular flexibility index (Phi) is 4.83. The van der Waals surface area contributed by atoms with Gasteiger partial charge >= 0.3 is 0 Å². The van der Waals surface area contributed by atoms with Crippen LogP contribution in [0.15, 0.2) is 18.2 Å². The van der Waals surface area contributed by atoms with Gasteiger partial charge in [0.05, 0.1) is 0 Å². The zero-order valence-electron chi connectivity index (χ0n) is 9.93. The van der Waals surface area contributed by atoms with E-state index in [1.807, 2.05) is 25.9 Å². The molecule has 0 amide bonds. The quantitative estimate of drug-likeness (QED) is 0.829. The van der Waals surface area contributed by atoms with Gasteiger partial charge in [-0.3, -0.25) is 0 Å². The smallest absolute Gasteiger partial charge is 0.130 e. The van der Waals surface area contributed by atoms with E-state index in [1.165, 1.54) is 18.2 Å². The van der Waals surface area contributed by atoms with Gasteiger partial charge in [-0.05, 0) is 33.2 Å². The third kappa shape index (κ3) is 3.87. The number of benzene rings is 1. The number of likely N-dealkylation sites (N-methyl/N-ethyl adjacent to an activating group) is 1. The number of rotatable bonds is 5. The van der Waals surface area contributed by atoms with Crippen LogP contribution in [-0.4, -0.2) is 31.6 Å². The summed E-state index contributed by atoms with van der Waals surface area (Å²) < 4.78 is 26.5. The molecule has 0 saturated carbocycles. The van der Waals surface area contributed by atoms with Crippen LogP contribution in [0.25, 0.3) is 0 Å². The molecular weight excluding hydrogens is 210 g/mol. The summed E-state index contributed by atoms with van der Waals surface area (Å²) >= 11 is 0. The lowest BCUT2D eigenvalue weighted by atomic mass is 10.2. The van der Waals surface area contributed by atoms with Gasteiger partial charge in [0, 0.05) is 24.7 Å². The summed E-state index contributed by atoms with van der Waals surface area (Å²) in [6.45, 7) is 3.03. The van der Waals surface area contributed by atoms with Gasteiger partial charge in [-0.25, -0.2) is 8.78 Å². The highest BCUT2D eigenvalue weighted by Crippen LogP contribution is 2.11. The van der Waals surface area contributed by atoms with Crippen LogP contribution in [0.3, 0.4) is 0 Å². The van der Waals surface area contributed by atoms with Crippen molar-refractivity contribution in [3.8, 4) is 0 Å². The molecule has 1 unspecified atom stereocenters. The van der Waals surface area contributed by atoms with Gasteiger partial charge in [0.25, 0.3) is 0 Å². The lowest BCUT2D eigenvalue weighted by Crippen LogP contribution is -2.35. The normalized spacial score (nSPS) is 13.1. The third-order valence-corrected chi connectivity index (χ3v) is 2.33. The van der Waals surface area contributed by atoms with Gasteiger partial charge in [0.15, 0.2) is 0 Å². The van der Waals surface area contributed by atoms with Crippen molar-refractivity contribution in [1.82, 2.24) is 10.2 Å². The molecule has 0 radical (unpaired) electrons. The van der Waals surface area contributed by atoms with E-state index in [0.29, 0.717) is 0 Å². The summed E-state index contributed by atoms with van der Waals surface area (Å²) in [4.78, 5) is 2.02. The Morgan fingerprint density at radius 1 is 1.25 bits per heavy atom. The molecule has 1 atom stereocenters. The van der Waals surface area contributed by atoms with E-state index >= 15 is 0 Å². The summed E-state index contributed by atoms with van der Waals surface area (Å²) in [5.74, 6) is -0.992. The summed E-state index contributed by atoms with van der Waals surface area (Å²) in [7, 11) is 3.92. The maximum Gasteiger partial charge on any atom is 0.130 e. The van der Waals surface area contributed by atoms with Crippen molar-refractivity contribution in [3.63, 3.8) is 0 Å². The fourth-order valence-electron chi connectivity index (χ4n) is 1.59. The molecule has 1 rings (SSSR count). The minimum absolute atomic E-state index is 0.105.